The fourth-order valence-corrected chi connectivity index (χ4v) is 5.90. The first-order valence-electron chi connectivity index (χ1n) is 14.6. The highest BCUT2D eigenvalue weighted by Gasteiger charge is 2.52. The number of likely N-dealkylation sites (N-methyl/N-ethyl adjacent to an activating group) is 1. The minimum atomic E-state index is -4.53. The fourth-order valence-electron chi connectivity index (χ4n) is 5.90. The van der Waals surface area contributed by atoms with Gasteiger partial charge in [-0.25, -0.2) is 4.79 Å². The molecule has 2 fully saturated rings. The number of amides is 2. The first-order chi connectivity index (χ1) is 20.6. The van der Waals surface area contributed by atoms with Gasteiger partial charge < -0.3 is 25.2 Å². The number of pyridine rings is 1. The van der Waals surface area contributed by atoms with Gasteiger partial charge >= 0.3 is 12.3 Å². The predicted octanol–water partition coefficient (Wildman–Crippen LogP) is 6.18. The van der Waals surface area contributed by atoms with E-state index in [1.165, 1.54) is 6.07 Å². The van der Waals surface area contributed by atoms with Gasteiger partial charge in [0.05, 0.1) is 34.6 Å². The zero-order valence-corrected chi connectivity index (χ0v) is 25.6. The summed E-state index contributed by atoms with van der Waals surface area (Å²) in [4.78, 5) is 34.3. The van der Waals surface area contributed by atoms with E-state index < -0.39 is 23.4 Å². The Balaban J connectivity index is 1.29. The van der Waals surface area contributed by atoms with E-state index >= 15 is 0 Å². The van der Waals surface area contributed by atoms with Gasteiger partial charge in [0.2, 0.25) is 0 Å². The van der Waals surface area contributed by atoms with Gasteiger partial charge in [0.25, 0.3) is 5.91 Å². The largest absolute Gasteiger partial charge is 0.444 e. The molecule has 5 rings (SSSR count). The van der Waals surface area contributed by atoms with Crippen LogP contribution in [0.2, 0.25) is 0 Å². The molecule has 0 saturated carbocycles. The average molecular weight is 610 g/mol. The lowest BCUT2D eigenvalue weighted by Crippen LogP contribution is -2.76. The Bertz CT molecular complexity index is 1530. The number of alkyl carbamates (subject to hydrolysis) is 1. The standard InChI is InChI=1S/C33H38F3N5O3/c1-21(39-29(42)25-14-27(18-37-16-25)41-13-12-32(41)19-40(5)20-32)22-6-8-23(9-7-22)28-15-26(33(34,35)36)11-10-24(28)17-38-30(43)44-31(2,3)4/h6-11,14-16,18,21H,12-13,17,19-20H2,1-5H3,(H,38,43)(H,39,42)/t21-/m1/s1. The smallest absolute Gasteiger partial charge is 0.416 e. The van der Waals surface area contributed by atoms with Crippen molar-refractivity contribution in [1.29, 1.82) is 0 Å². The van der Waals surface area contributed by atoms with Crippen LogP contribution in [-0.2, 0) is 17.5 Å². The molecule has 0 bridgehead atoms. The second-order valence-electron chi connectivity index (χ2n) is 12.8. The molecule has 0 unspecified atom stereocenters. The van der Waals surface area contributed by atoms with Gasteiger partial charge in [0.15, 0.2) is 0 Å². The van der Waals surface area contributed by atoms with Crippen molar-refractivity contribution in [2.75, 3.05) is 31.6 Å². The maximum absolute atomic E-state index is 13.6. The lowest BCUT2D eigenvalue weighted by molar-refractivity contribution is -0.137. The first-order valence-corrected chi connectivity index (χ1v) is 14.6. The van der Waals surface area contributed by atoms with Gasteiger partial charge in [0.1, 0.15) is 5.60 Å². The number of aromatic nitrogens is 1. The van der Waals surface area contributed by atoms with Gasteiger partial charge in [0, 0.05) is 32.4 Å². The Labute approximate surface area is 255 Å². The molecule has 0 aliphatic carbocycles. The number of alkyl halides is 3. The summed E-state index contributed by atoms with van der Waals surface area (Å²) in [5.41, 5.74) is 2.21. The molecule has 1 aromatic heterocycles. The molecule has 2 aliphatic heterocycles. The van der Waals surface area contributed by atoms with Crippen molar-refractivity contribution in [3.63, 3.8) is 0 Å². The van der Waals surface area contributed by atoms with E-state index in [1.807, 2.05) is 13.0 Å². The van der Waals surface area contributed by atoms with Crippen LogP contribution in [0.25, 0.3) is 11.1 Å². The summed E-state index contributed by atoms with van der Waals surface area (Å²) >= 11 is 0. The summed E-state index contributed by atoms with van der Waals surface area (Å²) in [5.74, 6) is -0.260. The maximum Gasteiger partial charge on any atom is 0.416 e. The van der Waals surface area contributed by atoms with Crippen LogP contribution in [-0.4, -0.2) is 59.7 Å². The van der Waals surface area contributed by atoms with Crippen LogP contribution in [0.1, 0.15) is 67.2 Å². The molecule has 3 heterocycles. The molecule has 2 amide bonds. The molecule has 8 nitrogen and oxygen atoms in total. The number of halogens is 3. The number of carbonyl (C=O) groups excluding carboxylic acids is 2. The van der Waals surface area contributed by atoms with Crippen LogP contribution in [0, 0.1) is 0 Å². The van der Waals surface area contributed by atoms with Crippen LogP contribution < -0.4 is 15.5 Å². The van der Waals surface area contributed by atoms with Gasteiger partial charge in [-0.05, 0) is 81.6 Å². The summed E-state index contributed by atoms with van der Waals surface area (Å²) in [7, 11) is 2.10. The van der Waals surface area contributed by atoms with Crippen molar-refractivity contribution < 1.29 is 27.5 Å². The van der Waals surface area contributed by atoms with E-state index in [0.717, 1.165) is 49.4 Å². The fraction of sp³-hybridized carbons (Fsp3) is 0.424. The van der Waals surface area contributed by atoms with Crippen molar-refractivity contribution >= 4 is 17.7 Å². The SMILES string of the molecule is C[C@@H](NC(=O)c1cncc(N2CCC23CN(C)C3)c1)c1ccc(-c2cc(C(F)(F)F)ccc2CNC(=O)OC(C)(C)C)cc1. The van der Waals surface area contributed by atoms with Crippen LogP contribution in [0.4, 0.5) is 23.7 Å². The number of likely N-dealkylation sites (tertiary alicyclic amines) is 1. The number of anilines is 1. The van der Waals surface area contributed by atoms with Crippen LogP contribution in [0.5, 0.6) is 0 Å². The molecule has 3 aromatic rings. The van der Waals surface area contributed by atoms with E-state index in [9.17, 15) is 22.8 Å². The molecule has 234 valence electrons. The van der Waals surface area contributed by atoms with E-state index in [-0.39, 0.29) is 24.0 Å². The minimum Gasteiger partial charge on any atom is -0.444 e. The summed E-state index contributed by atoms with van der Waals surface area (Å²) in [6, 6.07) is 11.9. The van der Waals surface area contributed by atoms with Gasteiger partial charge in [-0.3, -0.25) is 9.78 Å². The number of benzene rings is 2. The molecule has 0 radical (unpaired) electrons. The van der Waals surface area contributed by atoms with Gasteiger partial charge in [-0.1, -0.05) is 30.3 Å². The topological polar surface area (TPSA) is 86.8 Å². The zero-order chi connectivity index (χ0) is 31.9. The number of rotatable bonds is 7. The Morgan fingerprint density at radius 2 is 1.75 bits per heavy atom. The third-order valence-corrected chi connectivity index (χ3v) is 8.13. The third-order valence-electron chi connectivity index (χ3n) is 8.13. The molecule has 2 saturated heterocycles. The number of hydrogen-bond donors (Lipinski definition) is 2. The average Bonchev–Trinajstić information content (AvgIpc) is 2.92. The van der Waals surface area contributed by atoms with Gasteiger partial charge in [-0.15, -0.1) is 0 Å². The van der Waals surface area contributed by atoms with Crippen molar-refractivity contribution in [3.05, 3.63) is 83.2 Å². The number of hydrogen-bond acceptors (Lipinski definition) is 6. The Hall–Kier alpha value is -4.12. The summed E-state index contributed by atoms with van der Waals surface area (Å²) in [6.45, 7) is 9.95. The second kappa shape index (κ2) is 11.8. The summed E-state index contributed by atoms with van der Waals surface area (Å²) < 4.78 is 46.0. The highest BCUT2D eigenvalue weighted by molar-refractivity contribution is 5.95. The molecular weight excluding hydrogens is 571 g/mol. The normalized spacial score (nSPS) is 17.0. The second-order valence-corrected chi connectivity index (χ2v) is 12.8. The number of nitrogens with one attached hydrogen (secondary N) is 2. The van der Waals surface area contributed by atoms with E-state index in [1.54, 1.807) is 57.4 Å². The number of carbonyl (C=O) groups is 2. The molecular formula is C33H38F3N5O3. The Kier molecular flexibility index (Phi) is 8.37. The summed E-state index contributed by atoms with van der Waals surface area (Å²) in [6.07, 6.45) is -0.717. The lowest BCUT2D eigenvalue weighted by Gasteiger charge is -2.63. The molecule has 1 atom stereocenters. The Morgan fingerprint density at radius 1 is 1.05 bits per heavy atom. The van der Waals surface area contributed by atoms with Crippen LogP contribution >= 0.6 is 0 Å². The van der Waals surface area contributed by atoms with E-state index in [2.05, 4.69) is 32.5 Å². The highest BCUT2D eigenvalue weighted by atomic mass is 19.4. The molecule has 44 heavy (non-hydrogen) atoms. The monoisotopic (exact) mass is 609 g/mol. The lowest BCUT2D eigenvalue weighted by atomic mass is 9.77. The van der Waals surface area contributed by atoms with E-state index in [4.69, 9.17) is 4.74 Å². The Morgan fingerprint density at radius 3 is 2.34 bits per heavy atom. The molecule has 2 aromatic carbocycles. The highest BCUT2D eigenvalue weighted by Crippen LogP contribution is 2.41. The van der Waals surface area contributed by atoms with Gasteiger partial charge in [-0.2, -0.15) is 13.2 Å². The molecule has 2 aliphatic rings. The number of nitrogens with zero attached hydrogens (tertiary/aromatic N) is 3. The van der Waals surface area contributed by atoms with Crippen molar-refractivity contribution in [2.45, 2.75) is 64.0 Å². The first kappa shape index (κ1) is 31.3. The zero-order valence-electron chi connectivity index (χ0n) is 25.6. The quantitative estimate of drug-likeness (QED) is 0.333. The van der Waals surface area contributed by atoms with Crippen LogP contribution in [0.15, 0.2) is 60.9 Å². The number of ether oxygens (including phenoxy) is 1. The molecule has 11 heteroatoms. The van der Waals surface area contributed by atoms with Crippen molar-refractivity contribution in [1.82, 2.24) is 20.5 Å². The minimum absolute atomic E-state index is 0.0149. The van der Waals surface area contributed by atoms with E-state index in [0.29, 0.717) is 22.3 Å². The van der Waals surface area contributed by atoms with Crippen molar-refractivity contribution in [3.8, 4) is 11.1 Å². The maximum atomic E-state index is 13.6. The van der Waals surface area contributed by atoms with Crippen LogP contribution in [0.3, 0.4) is 0 Å². The molecule has 2 N–H and O–H groups in total. The molecule has 1 spiro atoms. The third kappa shape index (κ3) is 6.83. The van der Waals surface area contributed by atoms with Crippen molar-refractivity contribution in [2.24, 2.45) is 0 Å². The summed E-state index contributed by atoms with van der Waals surface area (Å²) in [5, 5.41) is 5.63. The predicted molar refractivity (Wildman–Crippen MR) is 162 cm³/mol.